The van der Waals surface area contributed by atoms with Crippen LogP contribution < -0.4 is 0 Å². The molecule has 23 heavy (non-hydrogen) atoms. The number of rotatable bonds is 3. The van der Waals surface area contributed by atoms with Gasteiger partial charge in [-0.05, 0) is 36.4 Å². The van der Waals surface area contributed by atoms with Gasteiger partial charge in [-0.15, -0.1) is 22.7 Å². The molecule has 0 saturated heterocycles. The second-order valence-corrected chi connectivity index (χ2v) is 7.20. The summed E-state index contributed by atoms with van der Waals surface area (Å²) in [4.78, 5) is 9.18. The second-order valence-electron chi connectivity index (χ2n) is 5.00. The van der Waals surface area contributed by atoms with Gasteiger partial charge in [0.15, 0.2) is 0 Å². The van der Waals surface area contributed by atoms with Crippen LogP contribution in [0, 0.1) is 0 Å². The average molecular weight is 336 g/mol. The number of hydrogen-bond acceptors (Lipinski definition) is 5. The Kier molecular flexibility index (Phi) is 3.65. The Morgan fingerprint density at radius 1 is 0.826 bits per heavy atom. The normalized spacial score (nSPS) is 11.5. The van der Waals surface area contributed by atoms with E-state index in [9.17, 15) is 0 Å². The van der Waals surface area contributed by atoms with Gasteiger partial charge in [-0.25, -0.2) is 4.98 Å². The molecule has 3 nitrogen and oxygen atoms in total. The van der Waals surface area contributed by atoms with Crippen LogP contribution in [0.5, 0.6) is 0 Å². The van der Waals surface area contributed by atoms with Crippen LogP contribution in [-0.4, -0.2) is 16.4 Å². The predicted octanol–water partition coefficient (Wildman–Crippen LogP) is 5.50. The zero-order valence-electron chi connectivity index (χ0n) is 12.0. The van der Waals surface area contributed by atoms with Crippen molar-refractivity contribution in [2.45, 2.75) is 0 Å². The molecule has 0 spiro atoms. The zero-order chi connectivity index (χ0) is 15.6. The fraction of sp³-hybridized carbons (Fsp3) is 0. The maximum atomic E-state index is 8.61. The first kappa shape index (κ1) is 14.1. The number of fused-ring (bicyclic) bond motifs is 1. The minimum absolute atomic E-state index is 0.932. The maximum Gasteiger partial charge on any atom is 0.0833 e. The highest BCUT2D eigenvalue weighted by Crippen LogP contribution is 2.37. The summed E-state index contributed by atoms with van der Waals surface area (Å²) in [7, 11) is 0. The molecule has 0 unspecified atom stereocenters. The summed E-state index contributed by atoms with van der Waals surface area (Å²) < 4.78 is 0. The molecule has 3 heterocycles. The van der Waals surface area contributed by atoms with Crippen molar-refractivity contribution in [3.8, 4) is 20.3 Å². The van der Waals surface area contributed by atoms with E-state index in [-0.39, 0.29) is 0 Å². The van der Waals surface area contributed by atoms with Gasteiger partial charge in [-0.1, -0.05) is 29.4 Å². The molecule has 0 fully saturated rings. The standard InChI is InChI=1S/C18H12N2OS2/c21-19-11-13-6-8-17(22-13)18-10-9-16(23-18)15-7-5-12-3-1-2-4-14(12)20-15/h1-11,21H/b19-11-. The van der Waals surface area contributed by atoms with Crippen LogP contribution in [0.4, 0.5) is 0 Å². The SMILES string of the molecule is O/N=C\c1ccc(-c2ccc(-c3ccc4ccccc4n3)s2)s1. The Morgan fingerprint density at radius 2 is 1.61 bits per heavy atom. The molecule has 0 radical (unpaired) electrons. The molecule has 1 N–H and O–H groups in total. The van der Waals surface area contributed by atoms with E-state index in [0.717, 1.165) is 31.2 Å². The molecular weight excluding hydrogens is 324 g/mol. The number of pyridine rings is 1. The summed E-state index contributed by atoms with van der Waals surface area (Å²) in [6.45, 7) is 0. The summed E-state index contributed by atoms with van der Waals surface area (Å²) in [6.07, 6.45) is 1.45. The van der Waals surface area contributed by atoms with Gasteiger partial charge in [-0.2, -0.15) is 0 Å². The molecule has 3 aromatic heterocycles. The van der Waals surface area contributed by atoms with Gasteiger partial charge in [-0.3, -0.25) is 0 Å². The van der Waals surface area contributed by atoms with Gasteiger partial charge in [0.25, 0.3) is 0 Å². The molecule has 0 amide bonds. The van der Waals surface area contributed by atoms with Crippen molar-refractivity contribution in [1.82, 2.24) is 4.98 Å². The quantitative estimate of drug-likeness (QED) is 0.305. The van der Waals surface area contributed by atoms with Crippen LogP contribution in [0.15, 0.2) is 65.8 Å². The van der Waals surface area contributed by atoms with Gasteiger partial charge in [0.2, 0.25) is 0 Å². The Bertz CT molecular complexity index is 1000. The third-order valence-electron chi connectivity index (χ3n) is 3.51. The van der Waals surface area contributed by atoms with Crippen molar-refractivity contribution >= 4 is 39.8 Å². The van der Waals surface area contributed by atoms with Gasteiger partial charge >= 0.3 is 0 Å². The minimum Gasteiger partial charge on any atom is -0.411 e. The van der Waals surface area contributed by atoms with E-state index in [4.69, 9.17) is 10.2 Å². The highest BCUT2D eigenvalue weighted by atomic mass is 32.1. The molecular formula is C18H12N2OS2. The predicted molar refractivity (Wildman–Crippen MR) is 97.7 cm³/mol. The summed E-state index contributed by atoms with van der Waals surface area (Å²) in [6, 6.07) is 20.5. The lowest BCUT2D eigenvalue weighted by molar-refractivity contribution is 0.322. The van der Waals surface area contributed by atoms with Crippen molar-refractivity contribution in [2.24, 2.45) is 5.16 Å². The first-order chi connectivity index (χ1) is 11.3. The lowest BCUT2D eigenvalue weighted by atomic mass is 10.2. The number of benzene rings is 1. The summed E-state index contributed by atoms with van der Waals surface area (Å²) in [5.74, 6) is 0. The van der Waals surface area contributed by atoms with E-state index in [1.165, 1.54) is 11.1 Å². The van der Waals surface area contributed by atoms with E-state index < -0.39 is 0 Å². The summed E-state index contributed by atoms with van der Waals surface area (Å²) >= 11 is 3.32. The van der Waals surface area contributed by atoms with Gasteiger partial charge in [0.05, 0.1) is 22.3 Å². The molecule has 0 aliphatic rings. The molecule has 5 heteroatoms. The Balaban J connectivity index is 1.70. The van der Waals surface area contributed by atoms with Crippen LogP contribution in [-0.2, 0) is 0 Å². The van der Waals surface area contributed by atoms with Crippen LogP contribution in [0.2, 0.25) is 0 Å². The molecule has 112 valence electrons. The Morgan fingerprint density at radius 3 is 2.52 bits per heavy atom. The van der Waals surface area contributed by atoms with E-state index in [1.807, 2.05) is 30.3 Å². The smallest absolute Gasteiger partial charge is 0.0833 e. The molecule has 0 atom stereocenters. The maximum absolute atomic E-state index is 8.61. The topological polar surface area (TPSA) is 45.5 Å². The monoisotopic (exact) mass is 336 g/mol. The fourth-order valence-corrected chi connectivity index (χ4v) is 4.36. The largest absolute Gasteiger partial charge is 0.411 e. The third kappa shape index (κ3) is 2.76. The van der Waals surface area contributed by atoms with Crippen molar-refractivity contribution in [3.05, 3.63) is 65.5 Å². The van der Waals surface area contributed by atoms with Crippen LogP contribution in [0.3, 0.4) is 0 Å². The van der Waals surface area contributed by atoms with Crippen molar-refractivity contribution in [1.29, 1.82) is 0 Å². The lowest BCUT2D eigenvalue weighted by Gasteiger charge is -2.00. The van der Waals surface area contributed by atoms with E-state index >= 15 is 0 Å². The van der Waals surface area contributed by atoms with Crippen molar-refractivity contribution < 1.29 is 5.21 Å². The van der Waals surface area contributed by atoms with Crippen molar-refractivity contribution in [3.63, 3.8) is 0 Å². The second kappa shape index (κ2) is 5.95. The van der Waals surface area contributed by atoms with E-state index in [2.05, 4.69) is 35.5 Å². The number of nitrogens with zero attached hydrogens (tertiary/aromatic N) is 2. The molecule has 1 aromatic carbocycles. The number of hydrogen-bond donors (Lipinski definition) is 1. The number of aromatic nitrogens is 1. The van der Waals surface area contributed by atoms with Crippen LogP contribution in [0.1, 0.15) is 4.88 Å². The number of para-hydroxylation sites is 1. The van der Waals surface area contributed by atoms with Crippen molar-refractivity contribution in [2.75, 3.05) is 0 Å². The highest BCUT2D eigenvalue weighted by Gasteiger charge is 2.08. The molecule has 0 aliphatic heterocycles. The van der Waals surface area contributed by atoms with E-state index in [0.29, 0.717) is 0 Å². The van der Waals surface area contributed by atoms with Gasteiger partial charge in [0.1, 0.15) is 0 Å². The third-order valence-corrected chi connectivity index (χ3v) is 5.83. The highest BCUT2D eigenvalue weighted by molar-refractivity contribution is 7.24. The molecule has 0 bridgehead atoms. The van der Waals surface area contributed by atoms with Crippen LogP contribution >= 0.6 is 22.7 Å². The molecule has 0 saturated carbocycles. The first-order valence-electron chi connectivity index (χ1n) is 7.07. The lowest BCUT2D eigenvalue weighted by Crippen LogP contribution is -1.81. The Labute approximate surface area is 141 Å². The zero-order valence-corrected chi connectivity index (χ0v) is 13.6. The first-order valence-corrected chi connectivity index (χ1v) is 8.70. The van der Waals surface area contributed by atoms with Gasteiger partial charge in [0, 0.05) is 20.0 Å². The summed E-state index contributed by atoms with van der Waals surface area (Å²) in [5.41, 5.74) is 2.01. The van der Waals surface area contributed by atoms with Crippen LogP contribution in [0.25, 0.3) is 31.2 Å². The fourth-order valence-electron chi connectivity index (χ4n) is 2.42. The molecule has 4 aromatic rings. The molecule has 0 aliphatic carbocycles. The molecule has 4 rings (SSSR count). The average Bonchev–Trinajstić information content (AvgIpc) is 3.24. The van der Waals surface area contributed by atoms with Gasteiger partial charge < -0.3 is 5.21 Å². The van der Waals surface area contributed by atoms with E-state index in [1.54, 1.807) is 22.7 Å². The number of thiophene rings is 2. The summed E-state index contributed by atoms with van der Waals surface area (Å²) in [5, 5.41) is 12.8. The Hall–Kier alpha value is -2.50. The number of oxime groups is 1. The minimum atomic E-state index is 0.932.